The van der Waals surface area contributed by atoms with Crippen molar-refractivity contribution < 1.29 is 94.8 Å². The Morgan fingerprint density at radius 3 is 1.75 bits per heavy atom. The van der Waals surface area contributed by atoms with Crippen molar-refractivity contribution in [2.24, 2.45) is 45.3 Å². The van der Waals surface area contributed by atoms with E-state index in [1.165, 1.54) is 0 Å². The lowest BCUT2D eigenvalue weighted by Gasteiger charge is -2.72. The molecule has 4 saturated carbocycles. The van der Waals surface area contributed by atoms with Crippen LogP contribution in [0.25, 0.3) is 0 Å². The number of ether oxygens (including phenoxy) is 6. The molecule has 0 aromatic rings. The van der Waals surface area contributed by atoms with Crippen LogP contribution in [0.15, 0.2) is 11.6 Å². The Hall–Kier alpha value is -1.02. The fraction of sp³-hybridized carbons (Fsp3) is 0.958. The maximum Gasteiger partial charge on any atom is 0.187 e. The van der Waals surface area contributed by atoms with Crippen LogP contribution in [0, 0.1) is 45.3 Å². The average Bonchev–Trinajstić information content (AvgIpc) is 3.66. The van der Waals surface area contributed by atoms with Gasteiger partial charge in [-0.1, -0.05) is 46.3 Å². The Morgan fingerprint density at radius 1 is 0.642 bits per heavy atom. The van der Waals surface area contributed by atoms with Gasteiger partial charge in [0.1, 0.15) is 73.2 Å². The number of hydrogen-bond donors (Lipinski definition) is 13. The molecule has 3 aliphatic heterocycles. The molecule has 0 aromatic carbocycles. The van der Waals surface area contributed by atoms with Gasteiger partial charge in [0.15, 0.2) is 18.9 Å². The summed E-state index contributed by atoms with van der Waals surface area (Å²) in [6.45, 7) is 14.4. The van der Waals surface area contributed by atoms with Crippen LogP contribution in [-0.4, -0.2) is 202 Å². The summed E-state index contributed by atoms with van der Waals surface area (Å²) in [6.07, 6.45) is -20.0. The number of aliphatic hydroxyl groups is 13. The van der Waals surface area contributed by atoms with E-state index < -0.39 is 163 Å². The second kappa shape index (κ2) is 19.8. The second-order valence-corrected chi connectivity index (χ2v) is 23.1. The second-order valence-electron chi connectivity index (χ2n) is 23.1. The van der Waals surface area contributed by atoms with Gasteiger partial charge in [-0.05, 0) is 117 Å². The van der Waals surface area contributed by atoms with Crippen LogP contribution in [0.2, 0.25) is 0 Å². The van der Waals surface area contributed by atoms with Gasteiger partial charge in [-0.2, -0.15) is 0 Å². The van der Waals surface area contributed by atoms with Gasteiger partial charge in [0.05, 0.1) is 43.7 Å². The topological polar surface area (TPSA) is 318 Å². The van der Waals surface area contributed by atoms with Gasteiger partial charge in [-0.15, -0.1) is 0 Å². The summed E-state index contributed by atoms with van der Waals surface area (Å²) in [5, 5.41) is 142. The van der Waals surface area contributed by atoms with Crippen molar-refractivity contribution in [1.82, 2.24) is 0 Å². The molecule has 0 aromatic heterocycles. The lowest BCUT2D eigenvalue weighted by Crippen LogP contribution is -2.71. The first-order chi connectivity index (χ1) is 31.3. The molecule has 26 atom stereocenters. The molecule has 0 unspecified atom stereocenters. The Kier molecular flexibility index (Phi) is 15.9. The highest BCUT2D eigenvalue weighted by Crippen LogP contribution is 2.76. The average molecular weight is 963 g/mol. The first-order valence-corrected chi connectivity index (χ1v) is 24.5. The monoisotopic (exact) mass is 963 g/mol. The van der Waals surface area contributed by atoms with Gasteiger partial charge >= 0.3 is 0 Å². The molecule has 0 bridgehead atoms. The molecular weight excluding hydrogens is 881 g/mol. The molecule has 3 heterocycles. The maximum absolute atomic E-state index is 12.7. The van der Waals surface area contributed by atoms with E-state index in [0.717, 1.165) is 5.57 Å². The number of hydrogen-bond acceptors (Lipinski definition) is 19. The van der Waals surface area contributed by atoms with Crippen molar-refractivity contribution >= 4 is 0 Å². The Balaban J connectivity index is 1.27. The molecule has 7 rings (SSSR count). The summed E-state index contributed by atoms with van der Waals surface area (Å²) in [6, 6.07) is 0. The number of rotatable bonds is 13. The predicted octanol–water partition coefficient (Wildman–Crippen LogP) is -1.06. The molecule has 19 heteroatoms. The van der Waals surface area contributed by atoms with Crippen molar-refractivity contribution in [3.8, 4) is 0 Å². The van der Waals surface area contributed by atoms with Crippen LogP contribution < -0.4 is 0 Å². The molecular formula is C48H82O19. The maximum atomic E-state index is 12.7. The SMILES string of the molecule is CC(C)=CCC[C@@](C)(O[C@H]1O[C@@H](CO)[C@H](O)[C@@H](O)[C@@H]1O)[C@@H]1CC[C@@]2(C)[C@H]1[C@@H](O)C[C@H]1[C@@]3(C)CC[C@@H](O)C(C)(C)[C@H]3[C@@H](O[C@@H]3O[C@@H](CO)[C@H](O)[C@@H](O)[C@H]3O[C@@H]3O[C@@H](CO)[C@H](O)[C@@H](O)[C@H]3O)C[C@@]12C. The van der Waals surface area contributed by atoms with E-state index in [0.29, 0.717) is 51.4 Å². The minimum atomic E-state index is -1.86. The minimum absolute atomic E-state index is 0.110. The highest BCUT2D eigenvalue weighted by atomic mass is 16.8. The van der Waals surface area contributed by atoms with Gasteiger partial charge in [-0.3, -0.25) is 0 Å². The first kappa shape index (κ1) is 53.8. The van der Waals surface area contributed by atoms with Gasteiger partial charge in [-0.25, -0.2) is 0 Å². The van der Waals surface area contributed by atoms with Crippen LogP contribution in [0.3, 0.4) is 0 Å². The summed E-state index contributed by atoms with van der Waals surface area (Å²) >= 11 is 0. The van der Waals surface area contributed by atoms with Crippen LogP contribution in [0.4, 0.5) is 0 Å². The molecule has 388 valence electrons. The third-order valence-corrected chi connectivity index (χ3v) is 18.7. The highest BCUT2D eigenvalue weighted by Gasteiger charge is 2.74. The molecule has 4 aliphatic carbocycles. The van der Waals surface area contributed by atoms with Gasteiger partial charge in [0, 0.05) is 0 Å². The van der Waals surface area contributed by atoms with Crippen LogP contribution >= 0.6 is 0 Å². The smallest absolute Gasteiger partial charge is 0.187 e. The molecule has 0 spiro atoms. The largest absolute Gasteiger partial charge is 0.394 e. The molecule has 3 saturated heterocycles. The zero-order chi connectivity index (χ0) is 49.5. The van der Waals surface area contributed by atoms with E-state index in [1.54, 1.807) is 0 Å². The highest BCUT2D eigenvalue weighted by molar-refractivity contribution is 5.22. The normalized spacial score (nSPS) is 52.9. The summed E-state index contributed by atoms with van der Waals surface area (Å²) in [5.41, 5.74) is -2.56. The third-order valence-electron chi connectivity index (χ3n) is 18.7. The molecule has 67 heavy (non-hydrogen) atoms. The summed E-state index contributed by atoms with van der Waals surface area (Å²) in [4.78, 5) is 0. The predicted molar refractivity (Wildman–Crippen MR) is 235 cm³/mol. The van der Waals surface area contributed by atoms with Crippen LogP contribution in [0.1, 0.15) is 107 Å². The van der Waals surface area contributed by atoms with Crippen LogP contribution in [-0.2, 0) is 28.4 Å². The summed E-state index contributed by atoms with van der Waals surface area (Å²) in [5.74, 6) is -1.22. The molecule has 7 fully saturated rings. The van der Waals surface area contributed by atoms with E-state index in [-0.39, 0.29) is 17.8 Å². The lowest BCUT2D eigenvalue weighted by atomic mass is 9.34. The number of fused-ring (bicyclic) bond motifs is 5. The number of allylic oxidation sites excluding steroid dienone is 2. The zero-order valence-electron chi connectivity index (χ0n) is 40.3. The van der Waals surface area contributed by atoms with Gasteiger partial charge in [0.2, 0.25) is 0 Å². The lowest BCUT2D eigenvalue weighted by molar-refractivity contribution is -0.383. The molecule has 7 aliphatic rings. The van der Waals surface area contributed by atoms with Crippen molar-refractivity contribution in [3.63, 3.8) is 0 Å². The quantitative estimate of drug-likeness (QED) is 0.0773. The third kappa shape index (κ3) is 9.03. The van der Waals surface area contributed by atoms with E-state index in [4.69, 9.17) is 28.4 Å². The van der Waals surface area contributed by atoms with E-state index >= 15 is 0 Å². The van der Waals surface area contributed by atoms with E-state index in [2.05, 4.69) is 26.8 Å². The summed E-state index contributed by atoms with van der Waals surface area (Å²) < 4.78 is 37.9. The van der Waals surface area contributed by atoms with Crippen molar-refractivity contribution in [2.75, 3.05) is 19.8 Å². The summed E-state index contributed by atoms with van der Waals surface area (Å²) in [7, 11) is 0. The Labute approximate surface area is 393 Å². The van der Waals surface area contributed by atoms with Crippen LogP contribution in [0.5, 0.6) is 0 Å². The van der Waals surface area contributed by atoms with Crippen molar-refractivity contribution in [3.05, 3.63) is 11.6 Å². The van der Waals surface area contributed by atoms with Crippen molar-refractivity contribution in [2.45, 2.75) is 223 Å². The van der Waals surface area contributed by atoms with E-state index in [1.807, 2.05) is 34.6 Å². The number of aliphatic hydroxyl groups excluding tert-OH is 13. The fourth-order valence-corrected chi connectivity index (χ4v) is 14.9. The fourth-order valence-electron chi connectivity index (χ4n) is 14.9. The molecule has 13 N–H and O–H groups in total. The zero-order valence-corrected chi connectivity index (χ0v) is 40.3. The minimum Gasteiger partial charge on any atom is -0.394 e. The first-order valence-electron chi connectivity index (χ1n) is 24.5. The standard InChI is InChI=1S/C48H82O19/c1-21(2)10-9-13-48(8,67-42-38(61)35(58)32(55)26(19-50)64-42)22-11-15-46(6)30(22)23(52)16-28-45(5)14-12-29(53)44(3,4)40(45)24(17-47(28,46)7)62-43-39(36(59)33(56)27(20-51)65-43)66-41-37(60)34(57)31(54)25(18-49)63-41/h10,22-43,49-61H,9,11-20H2,1-8H3/t22-,23+,24+,25+,26+,27+,28+,29-,30-,31+,32+,33+,34-,35-,36-,37-,38+,39-,40-,41+,42-,43-,45-,46+,47+,48-/m1/s1. The van der Waals surface area contributed by atoms with Crippen molar-refractivity contribution in [1.29, 1.82) is 0 Å². The molecule has 0 radical (unpaired) electrons. The van der Waals surface area contributed by atoms with Gasteiger partial charge in [0.25, 0.3) is 0 Å². The molecule has 19 nitrogen and oxygen atoms in total. The van der Waals surface area contributed by atoms with Gasteiger partial charge < -0.3 is 94.8 Å². The molecule has 0 amide bonds. The Bertz CT molecular complexity index is 1710. The van der Waals surface area contributed by atoms with E-state index in [9.17, 15) is 66.4 Å². The Morgan fingerprint density at radius 2 is 1.18 bits per heavy atom.